The van der Waals surface area contributed by atoms with Crippen molar-refractivity contribution in [2.75, 3.05) is 25.2 Å². The molecule has 0 aromatic heterocycles. The number of aliphatic carboxylic acids is 1. The summed E-state index contributed by atoms with van der Waals surface area (Å²) in [5, 5.41) is 23.5. The Morgan fingerprint density at radius 2 is 1.90 bits per heavy atom. The average Bonchev–Trinajstić information content (AvgIpc) is 3.16. The number of carbonyl (C=O) groups excluding carboxylic acids is 3. The second-order valence-corrected chi connectivity index (χ2v) is 8.38. The van der Waals surface area contributed by atoms with Gasteiger partial charge in [-0.1, -0.05) is 13.8 Å². The van der Waals surface area contributed by atoms with E-state index in [9.17, 15) is 24.3 Å². The maximum absolute atomic E-state index is 12.8. The van der Waals surface area contributed by atoms with Gasteiger partial charge in [-0.05, 0) is 37.2 Å². The largest absolute Gasteiger partial charge is 0.480 e. The third-order valence-electron chi connectivity index (χ3n) is 4.83. The van der Waals surface area contributed by atoms with E-state index in [1.54, 1.807) is 13.8 Å². The van der Waals surface area contributed by atoms with E-state index in [1.807, 2.05) is 6.26 Å². The van der Waals surface area contributed by atoms with E-state index < -0.39 is 54.5 Å². The van der Waals surface area contributed by atoms with Crippen molar-refractivity contribution in [2.24, 2.45) is 11.7 Å². The minimum Gasteiger partial charge on any atom is -0.480 e. The monoisotopic (exact) mass is 432 g/mol. The summed E-state index contributed by atoms with van der Waals surface area (Å²) in [6.45, 7) is 3.19. The zero-order valence-corrected chi connectivity index (χ0v) is 17.9. The summed E-state index contributed by atoms with van der Waals surface area (Å²) in [5.41, 5.74) is 5.59. The lowest BCUT2D eigenvalue weighted by Gasteiger charge is -2.28. The summed E-state index contributed by atoms with van der Waals surface area (Å²) in [6.07, 6.45) is 3.22. The van der Waals surface area contributed by atoms with E-state index in [2.05, 4.69) is 10.6 Å². The van der Waals surface area contributed by atoms with Crippen LogP contribution in [0.4, 0.5) is 0 Å². The molecule has 0 aromatic carbocycles. The SMILES string of the molecule is CSCCC(NC(=O)C1CCCN1C(=O)C(N)CO)C(=O)NC(C(=O)O)C(C)C. The Morgan fingerprint density at radius 1 is 1.24 bits per heavy atom. The minimum atomic E-state index is -1.14. The van der Waals surface area contributed by atoms with Crippen LogP contribution in [0.1, 0.15) is 33.1 Å². The number of hydrogen-bond acceptors (Lipinski definition) is 7. The summed E-state index contributed by atoms with van der Waals surface area (Å²) < 4.78 is 0. The number of amides is 3. The van der Waals surface area contributed by atoms with Crippen molar-refractivity contribution in [2.45, 2.75) is 57.3 Å². The third-order valence-corrected chi connectivity index (χ3v) is 5.47. The maximum atomic E-state index is 12.8. The lowest BCUT2D eigenvalue weighted by molar-refractivity contribution is -0.144. The molecule has 3 amide bonds. The van der Waals surface area contributed by atoms with Crippen LogP contribution >= 0.6 is 11.8 Å². The zero-order valence-electron chi connectivity index (χ0n) is 17.1. The van der Waals surface area contributed by atoms with E-state index in [4.69, 9.17) is 10.8 Å². The lowest BCUT2D eigenvalue weighted by Crippen LogP contribution is -2.57. The van der Waals surface area contributed by atoms with Gasteiger partial charge >= 0.3 is 5.97 Å². The first-order chi connectivity index (χ1) is 13.6. The Hall–Kier alpha value is -1.85. The molecule has 1 fully saturated rings. The van der Waals surface area contributed by atoms with Gasteiger partial charge in [-0.25, -0.2) is 4.79 Å². The number of aliphatic hydroxyl groups is 1. The van der Waals surface area contributed by atoms with Crippen LogP contribution in [0.5, 0.6) is 0 Å². The molecule has 0 bridgehead atoms. The summed E-state index contributed by atoms with van der Waals surface area (Å²) >= 11 is 1.49. The molecular formula is C18H32N4O6S. The molecule has 0 aromatic rings. The summed E-state index contributed by atoms with van der Waals surface area (Å²) in [7, 11) is 0. The highest BCUT2D eigenvalue weighted by Crippen LogP contribution is 2.19. The first-order valence-electron chi connectivity index (χ1n) is 9.63. The van der Waals surface area contributed by atoms with E-state index in [0.29, 0.717) is 31.6 Å². The Morgan fingerprint density at radius 3 is 2.41 bits per heavy atom. The number of nitrogens with one attached hydrogen (secondary N) is 2. The van der Waals surface area contributed by atoms with Crippen LogP contribution < -0.4 is 16.4 Å². The van der Waals surface area contributed by atoms with E-state index in [0.717, 1.165) is 0 Å². The van der Waals surface area contributed by atoms with Gasteiger partial charge in [0.25, 0.3) is 0 Å². The van der Waals surface area contributed by atoms with Crippen LogP contribution in [0.3, 0.4) is 0 Å². The second kappa shape index (κ2) is 12.0. The van der Waals surface area contributed by atoms with Crippen molar-refractivity contribution >= 4 is 35.5 Å². The highest BCUT2D eigenvalue weighted by molar-refractivity contribution is 7.98. The number of carboxylic acid groups (broad SMARTS) is 1. The molecule has 6 N–H and O–H groups in total. The Labute approximate surface area is 174 Å². The van der Waals surface area contributed by atoms with Crippen molar-refractivity contribution in [3.63, 3.8) is 0 Å². The van der Waals surface area contributed by atoms with Gasteiger partial charge in [0.15, 0.2) is 0 Å². The average molecular weight is 433 g/mol. The fraction of sp³-hybridized carbons (Fsp3) is 0.778. The van der Waals surface area contributed by atoms with Gasteiger partial charge in [0.2, 0.25) is 17.7 Å². The third kappa shape index (κ3) is 7.16. The number of nitrogens with zero attached hydrogens (tertiary/aromatic N) is 1. The molecule has 4 atom stereocenters. The van der Waals surface area contributed by atoms with Crippen molar-refractivity contribution in [3.05, 3.63) is 0 Å². The number of hydrogen-bond donors (Lipinski definition) is 5. The van der Waals surface area contributed by atoms with Crippen molar-refractivity contribution in [1.82, 2.24) is 15.5 Å². The topological polar surface area (TPSA) is 162 Å². The van der Waals surface area contributed by atoms with Gasteiger partial charge in [0.05, 0.1) is 6.61 Å². The van der Waals surface area contributed by atoms with Crippen LogP contribution in [0.25, 0.3) is 0 Å². The van der Waals surface area contributed by atoms with Gasteiger partial charge in [-0.3, -0.25) is 14.4 Å². The molecule has 1 saturated heterocycles. The smallest absolute Gasteiger partial charge is 0.326 e. The molecule has 1 heterocycles. The van der Waals surface area contributed by atoms with E-state index >= 15 is 0 Å². The number of carbonyl (C=O) groups is 4. The second-order valence-electron chi connectivity index (χ2n) is 7.39. The standard InChI is InChI=1S/C18H32N4O6S/c1-10(2)14(18(27)28)21-15(24)12(6-8-29-3)20-16(25)13-5-4-7-22(13)17(26)11(19)9-23/h10-14,23H,4-9,19H2,1-3H3,(H,20,25)(H,21,24)(H,27,28). The first kappa shape index (κ1) is 25.2. The summed E-state index contributed by atoms with van der Waals surface area (Å²) in [6, 6.07) is -3.85. The van der Waals surface area contributed by atoms with Gasteiger partial charge in [0, 0.05) is 6.54 Å². The number of nitrogens with two attached hydrogens (primary N) is 1. The van der Waals surface area contributed by atoms with Gasteiger partial charge in [-0.2, -0.15) is 11.8 Å². The first-order valence-corrected chi connectivity index (χ1v) is 11.0. The van der Waals surface area contributed by atoms with Crippen molar-refractivity contribution in [3.8, 4) is 0 Å². The highest BCUT2D eigenvalue weighted by Gasteiger charge is 2.37. The van der Waals surface area contributed by atoms with Crippen LogP contribution in [0.2, 0.25) is 0 Å². The number of likely N-dealkylation sites (tertiary alicyclic amines) is 1. The zero-order chi connectivity index (χ0) is 22.1. The number of carboxylic acids is 1. The molecule has 1 rings (SSSR count). The molecule has 29 heavy (non-hydrogen) atoms. The summed E-state index contributed by atoms with van der Waals surface area (Å²) in [4.78, 5) is 50.4. The van der Waals surface area contributed by atoms with Gasteiger partial charge < -0.3 is 31.5 Å². The number of thioether (sulfide) groups is 1. The molecule has 0 radical (unpaired) electrons. The van der Waals surface area contributed by atoms with E-state index in [-0.39, 0.29) is 5.92 Å². The molecule has 0 aliphatic carbocycles. The molecule has 1 aliphatic heterocycles. The molecule has 4 unspecified atom stereocenters. The minimum absolute atomic E-state index is 0.319. The number of aliphatic hydroxyl groups excluding tert-OH is 1. The van der Waals surface area contributed by atoms with E-state index in [1.165, 1.54) is 16.7 Å². The molecule has 11 heteroatoms. The molecule has 0 saturated carbocycles. The van der Waals surface area contributed by atoms with Crippen LogP contribution in [-0.4, -0.2) is 88.1 Å². The Balaban J connectivity index is 2.88. The molecule has 10 nitrogen and oxygen atoms in total. The fourth-order valence-corrected chi connectivity index (χ4v) is 3.61. The Kier molecular flexibility index (Phi) is 10.4. The van der Waals surface area contributed by atoms with Gasteiger partial charge in [0.1, 0.15) is 24.2 Å². The van der Waals surface area contributed by atoms with Crippen LogP contribution in [0, 0.1) is 5.92 Å². The maximum Gasteiger partial charge on any atom is 0.326 e. The highest BCUT2D eigenvalue weighted by atomic mass is 32.2. The Bertz CT molecular complexity index is 603. The van der Waals surface area contributed by atoms with Gasteiger partial charge in [-0.15, -0.1) is 0 Å². The molecule has 0 spiro atoms. The molecule has 166 valence electrons. The van der Waals surface area contributed by atoms with Crippen molar-refractivity contribution in [1.29, 1.82) is 0 Å². The molecule has 1 aliphatic rings. The predicted molar refractivity (Wildman–Crippen MR) is 109 cm³/mol. The normalized spacial score (nSPS) is 19.5. The molecular weight excluding hydrogens is 400 g/mol. The number of rotatable bonds is 11. The quantitative estimate of drug-likeness (QED) is 0.271. The van der Waals surface area contributed by atoms with Crippen molar-refractivity contribution < 1.29 is 29.4 Å². The lowest BCUT2D eigenvalue weighted by atomic mass is 10.0. The predicted octanol–water partition coefficient (Wildman–Crippen LogP) is -1.24. The van der Waals surface area contributed by atoms with Crippen LogP contribution in [-0.2, 0) is 19.2 Å². The fourth-order valence-electron chi connectivity index (χ4n) is 3.13. The summed E-state index contributed by atoms with van der Waals surface area (Å²) in [5.74, 6) is -2.46. The van der Waals surface area contributed by atoms with Crippen LogP contribution in [0.15, 0.2) is 0 Å².